The average Bonchev–Trinajstić information content (AvgIpc) is 3.17. The summed E-state index contributed by atoms with van der Waals surface area (Å²) in [6.07, 6.45) is 2.40. The minimum atomic E-state index is -1.06. The highest BCUT2D eigenvalue weighted by Gasteiger charge is 2.33. The Balaban J connectivity index is 2.25. The first kappa shape index (κ1) is 26.5. The number of thiazole rings is 1. The summed E-state index contributed by atoms with van der Waals surface area (Å²) in [6.45, 7) is 10.6. The zero-order chi connectivity index (χ0) is 24.8. The van der Waals surface area contributed by atoms with E-state index in [1.165, 1.54) is 16.3 Å². The monoisotopic (exact) mass is 482 g/mol. The van der Waals surface area contributed by atoms with Crippen molar-refractivity contribution < 1.29 is 28.6 Å². The van der Waals surface area contributed by atoms with Gasteiger partial charge in [-0.25, -0.2) is 19.6 Å². The summed E-state index contributed by atoms with van der Waals surface area (Å²) in [4.78, 5) is 41.4. The molecule has 182 valence electrons. The van der Waals surface area contributed by atoms with Crippen molar-refractivity contribution in [2.45, 2.75) is 71.1 Å². The van der Waals surface area contributed by atoms with Gasteiger partial charge in [-0.05, 0) is 40.0 Å². The Hall–Kier alpha value is -2.79. The first-order chi connectivity index (χ1) is 15.4. The van der Waals surface area contributed by atoms with Crippen LogP contribution in [0.25, 0.3) is 5.57 Å². The largest absolute Gasteiger partial charge is 0.480 e. The number of nitrogens with one attached hydrogen (secondary N) is 2. The number of carbonyl (C=O) groups excluding carboxylic acids is 2. The number of aliphatic carboxylic acids is 1. The molecule has 1 aromatic rings. The van der Waals surface area contributed by atoms with Crippen molar-refractivity contribution in [1.29, 1.82) is 0 Å². The summed E-state index contributed by atoms with van der Waals surface area (Å²) >= 11 is 1.22. The zero-order valence-corrected chi connectivity index (χ0v) is 20.1. The minimum Gasteiger partial charge on any atom is -0.480 e. The van der Waals surface area contributed by atoms with Gasteiger partial charge in [0.25, 0.3) is 5.91 Å². The van der Waals surface area contributed by atoms with E-state index in [2.05, 4.69) is 22.3 Å². The molecule has 0 bridgehead atoms. The van der Waals surface area contributed by atoms with Gasteiger partial charge in [0.15, 0.2) is 0 Å². The van der Waals surface area contributed by atoms with Crippen molar-refractivity contribution in [3.63, 3.8) is 0 Å². The van der Waals surface area contributed by atoms with E-state index in [1.807, 2.05) is 6.92 Å². The molecule has 1 aliphatic heterocycles. The molecule has 33 heavy (non-hydrogen) atoms. The highest BCUT2D eigenvalue weighted by molar-refractivity contribution is 7.09. The first-order valence-corrected chi connectivity index (χ1v) is 11.6. The summed E-state index contributed by atoms with van der Waals surface area (Å²) in [5.41, 5.74) is 2.61. The molecule has 1 aromatic heterocycles. The van der Waals surface area contributed by atoms with Gasteiger partial charge in [-0.15, -0.1) is 11.3 Å². The van der Waals surface area contributed by atoms with E-state index < -0.39 is 41.5 Å². The molecule has 0 saturated carbocycles. The van der Waals surface area contributed by atoms with Gasteiger partial charge >= 0.3 is 12.1 Å². The fourth-order valence-electron chi connectivity index (χ4n) is 3.22. The van der Waals surface area contributed by atoms with Gasteiger partial charge in [0, 0.05) is 23.9 Å². The Morgan fingerprint density at radius 2 is 2.18 bits per heavy atom. The maximum absolute atomic E-state index is 13.8. The Morgan fingerprint density at radius 1 is 1.48 bits per heavy atom. The predicted molar refractivity (Wildman–Crippen MR) is 123 cm³/mol. The van der Waals surface area contributed by atoms with Crippen LogP contribution in [0.5, 0.6) is 0 Å². The second-order valence-corrected chi connectivity index (χ2v) is 9.56. The lowest BCUT2D eigenvalue weighted by molar-refractivity contribution is -0.147. The molecule has 1 saturated heterocycles. The average molecular weight is 483 g/mol. The number of allylic oxidation sites excluding steroid dienone is 3. The van der Waals surface area contributed by atoms with Crippen LogP contribution in [0, 0.1) is 0 Å². The number of aromatic nitrogens is 1. The number of alkyl carbamates (subject to hydrolysis) is 1. The third-order valence-corrected chi connectivity index (χ3v) is 5.52. The summed E-state index contributed by atoms with van der Waals surface area (Å²) in [5, 5.41) is 15.2. The molecular formula is C22H31FN4O5S. The second-order valence-electron chi connectivity index (χ2n) is 8.61. The quantitative estimate of drug-likeness (QED) is 0.485. The molecule has 2 heterocycles. The number of nitrogens with zero attached hydrogens (tertiary/aromatic N) is 2. The van der Waals surface area contributed by atoms with Crippen molar-refractivity contribution in [3.8, 4) is 0 Å². The van der Waals surface area contributed by atoms with Gasteiger partial charge in [0.1, 0.15) is 23.5 Å². The number of carboxylic acid groups (broad SMARTS) is 1. The minimum absolute atomic E-state index is 0.0246. The van der Waals surface area contributed by atoms with Crippen LogP contribution in [0.15, 0.2) is 23.9 Å². The number of halogens is 1. The van der Waals surface area contributed by atoms with Gasteiger partial charge in [-0.3, -0.25) is 14.6 Å². The highest BCUT2D eigenvalue weighted by atomic mass is 32.1. The van der Waals surface area contributed by atoms with Crippen LogP contribution in [-0.2, 0) is 20.7 Å². The van der Waals surface area contributed by atoms with Gasteiger partial charge in [0.05, 0.1) is 10.7 Å². The Bertz CT molecular complexity index is 924. The zero-order valence-electron chi connectivity index (χ0n) is 19.3. The van der Waals surface area contributed by atoms with Crippen LogP contribution >= 0.6 is 11.3 Å². The maximum Gasteiger partial charge on any atom is 0.408 e. The Kier molecular flexibility index (Phi) is 9.12. The molecule has 1 aliphatic rings. The molecule has 0 unspecified atom stereocenters. The molecular weight excluding hydrogens is 451 g/mol. The number of ether oxygens (including phenoxy) is 1. The molecule has 2 amide bonds. The number of carboxylic acids is 1. The summed E-state index contributed by atoms with van der Waals surface area (Å²) in [6, 6.07) is -1.96. The predicted octanol–water partition coefficient (Wildman–Crippen LogP) is 3.44. The van der Waals surface area contributed by atoms with Crippen LogP contribution < -0.4 is 10.7 Å². The fourth-order valence-corrected chi connectivity index (χ4v) is 4.06. The van der Waals surface area contributed by atoms with E-state index in [-0.39, 0.29) is 12.0 Å². The molecule has 9 nitrogen and oxygen atoms in total. The van der Waals surface area contributed by atoms with Gasteiger partial charge in [-0.1, -0.05) is 19.6 Å². The normalized spacial score (nSPS) is 17.9. The van der Waals surface area contributed by atoms with Crippen LogP contribution in [0.4, 0.5) is 9.18 Å². The molecule has 0 spiro atoms. The standard InChI is InChI=1S/C22H31FN4O5S/c1-6-8-14(13(2)23)17-12-33-18(24-17)11-16(25-21(31)32-22(3,4)5)19(28)27-10-7-9-15(26-27)20(29)30/h8,12,15-16,26H,2,6-7,9-11H2,1,3-5H3,(H,25,31)(H,29,30)/b14-8+/t15-,16-/m0/s1. The second kappa shape index (κ2) is 11.4. The van der Waals surface area contributed by atoms with Gasteiger partial charge < -0.3 is 15.2 Å². The van der Waals surface area contributed by atoms with Crippen molar-refractivity contribution in [2.24, 2.45) is 0 Å². The smallest absolute Gasteiger partial charge is 0.408 e. The number of hydrogen-bond acceptors (Lipinski definition) is 7. The molecule has 0 aliphatic carbocycles. The van der Waals surface area contributed by atoms with Crippen LogP contribution in [0.3, 0.4) is 0 Å². The Labute approximate surface area is 196 Å². The maximum atomic E-state index is 13.8. The van der Waals surface area contributed by atoms with E-state index in [1.54, 1.807) is 32.2 Å². The van der Waals surface area contributed by atoms with Gasteiger partial charge in [0.2, 0.25) is 0 Å². The summed E-state index contributed by atoms with van der Waals surface area (Å²) in [5.74, 6) is -2.18. The fraction of sp³-hybridized carbons (Fsp3) is 0.545. The highest BCUT2D eigenvalue weighted by Crippen LogP contribution is 2.26. The Morgan fingerprint density at radius 3 is 2.76 bits per heavy atom. The lowest BCUT2D eigenvalue weighted by Crippen LogP contribution is -2.60. The lowest BCUT2D eigenvalue weighted by Gasteiger charge is -2.34. The third kappa shape index (κ3) is 7.93. The van der Waals surface area contributed by atoms with E-state index in [0.29, 0.717) is 36.5 Å². The lowest BCUT2D eigenvalue weighted by atomic mass is 10.1. The number of rotatable bonds is 8. The van der Waals surface area contributed by atoms with E-state index in [4.69, 9.17) is 4.74 Å². The molecule has 0 aromatic carbocycles. The summed E-state index contributed by atoms with van der Waals surface area (Å²) < 4.78 is 19.1. The molecule has 0 radical (unpaired) electrons. The number of hydrazine groups is 1. The van der Waals surface area contributed by atoms with Crippen LogP contribution in [0.1, 0.15) is 57.7 Å². The molecule has 11 heteroatoms. The topological polar surface area (TPSA) is 121 Å². The summed E-state index contributed by atoms with van der Waals surface area (Å²) in [7, 11) is 0. The molecule has 2 rings (SSSR count). The SMILES string of the molecule is C=C(F)/C(=C\CC)c1csc(C[C@H](NC(=O)OC(C)(C)C)C(=O)N2CCC[C@@H](C(=O)O)N2)n1. The van der Waals surface area contributed by atoms with Crippen molar-refractivity contribution in [3.05, 3.63) is 34.6 Å². The number of hydrogen-bond donors (Lipinski definition) is 3. The van der Waals surface area contributed by atoms with Gasteiger partial charge in [-0.2, -0.15) is 0 Å². The number of amides is 2. The molecule has 3 N–H and O–H groups in total. The van der Waals surface area contributed by atoms with E-state index in [9.17, 15) is 23.9 Å². The van der Waals surface area contributed by atoms with Crippen LogP contribution in [0.2, 0.25) is 0 Å². The molecule has 1 fully saturated rings. The van der Waals surface area contributed by atoms with Crippen LogP contribution in [-0.4, -0.2) is 57.3 Å². The van der Waals surface area contributed by atoms with Crippen molar-refractivity contribution in [2.75, 3.05) is 6.54 Å². The van der Waals surface area contributed by atoms with Crippen molar-refractivity contribution in [1.82, 2.24) is 20.7 Å². The number of carbonyl (C=O) groups is 3. The van der Waals surface area contributed by atoms with Crippen molar-refractivity contribution >= 4 is 34.9 Å². The first-order valence-electron chi connectivity index (χ1n) is 10.7. The molecule has 2 atom stereocenters. The van der Waals surface area contributed by atoms with E-state index >= 15 is 0 Å². The third-order valence-electron chi connectivity index (χ3n) is 4.65. The van der Waals surface area contributed by atoms with E-state index in [0.717, 1.165) is 0 Å².